The van der Waals surface area contributed by atoms with E-state index in [-0.39, 0.29) is 5.92 Å². The first-order valence-corrected chi connectivity index (χ1v) is 6.60. The van der Waals surface area contributed by atoms with Crippen molar-refractivity contribution in [3.05, 3.63) is 91.1 Å². The Bertz CT molecular complexity index is 661. The fourth-order valence-corrected chi connectivity index (χ4v) is 2.13. The first kappa shape index (κ1) is 12.5. The van der Waals surface area contributed by atoms with Crippen LogP contribution in [0.5, 0.6) is 0 Å². The Morgan fingerprint density at radius 2 is 1.25 bits per heavy atom. The maximum Gasteiger partial charge on any atom is 0.159 e. The third-order valence-corrected chi connectivity index (χ3v) is 3.31. The van der Waals surface area contributed by atoms with Gasteiger partial charge in [-0.05, 0) is 18.1 Å². The summed E-state index contributed by atoms with van der Waals surface area (Å²) in [6.45, 7) is 4.20. The molecule has 97 valence electrons. The molecule has 0 saturated heterocycles. The average molecular weight is 259 g/mol. The largest absolute Gasteiger partial charge is 0.236 e. The Balaban J connectivity index is 1.87. The molecule has 1 atom stereocenters. The third-order valence-electron chi connectivity index (χ3n) is 3.31. The lowest BCUT2D eigenvalue weighted by Gasteiger charge is -2.11. The molecule has 1 radical (unpaired) electrons. The van der Waals surface area contributed by atoms with Crippen LogP contribution in [-0.4, -0.2) is 9.97 Å². The highest BCUT2D eigenvalue weighted by molar-refractivity contribution is 5.54. The molecule has 1 unspecified atom stereocenters. The van der Waals surface area contributed by atoms with Crippen LogP contribution >= 0.6 is 0 Å². The zero-order chi connectivity index (χ0) is 13.8. The van der Waals surface area contributed by atoms with E-state index in [0.717, 1.165) is 17.0 Å². The fourth-order valence-electron chi connectivity index (χ4n) is 2.13. The molecule has 0 aliphatic rings. The normalized spacial score (nSPS) is 12.1. The lowest BCUT2D eigenvalue weighted by molar-refractivity contribution is 0.977. The van der Waals surface area contributed by atoms with Gasteiger partial charge in [0.05, 0.1) is 0 Å². The maximum absolute atomic E-state index is 4.44. The molecule has 1 heterocycles. The molecule has 2 nitrogen and oxygen atoms in total. The van der Waals surface area contributed by atoms with Crippen LogP contribution in [0.4, 0.5) is 0 Å². The van der Waals surface area contributed by atoms with E-state index < -0.39 is 0 Å². The summed E-state index contributed by atoms with van der Waals surface area (Å²) in [6, 6.07) is 20.2. The molecule has 0 fully saturated rings. The highest BCUT2D eigenvalue weighted by Gasteiger charge is 2.09. The van der Waals surface area contributed by atoms with Gasteiger partial charge in [0.1, 0.15) is 0 Å². The fraction of sp³-hybridized carbons (Fsp3) is 0.0556. The van der Waals surface area contributed by atoms with Crippen LogP contribution in [0.2, 0.25) is 0 Å². The van der Waals surface area contributed by atoms with Crippen molar-refractivity contribution in [3.63, 3.8) is 0 Å². The summed E-state index contributed by atoms with van der Waals surface area (Å²) in [5.41, 5.74) is 3.22. The summed E-state index contributed by atoms with van der Waals surface area (Å²) in [7, 11) is 0. The number of aromatic nitrogens is 2. The van der Waals surface area contributed by atoms with E-state index >= 15 is 0 Å². The molecule has 0 aliphatic heterocycles. The zero-order valence-corrected chi connectivity index (χ0v) is 11.1. The van der Waals surface area contributed by atoms with E-state index in [1.165, 1.54) is 5.56 Å². The van der Waals surface area contributed by atoms with Crippen LogP contribution in [-0.2, 0) is 0 Å². The quantitative estimate of drug-likeness (QED) is 0.707. The first-order valence-electron chi connectivity index (χ1n) is 6.60. The van der Waals surface area contributed by atoms with Gasteiger partial charge in [0.15, 0.2) is 5.82 Å². The Hall–Kier alpha value is -2.48. The van der Waals surface area contributed by atoms with Crippen LogP contribution in [0, 0.1) is 6.92 Å². The van der Waals surface area contributed by atoms with Gasteiger partial charge in [-0.25, -0.2) is 9.97 Å². The molecule has 0 spiro atoms. The number of hydrogen-bond donors (Lipinski definition) is 0. The second-order valence-corrected chi connectivity index (χ2v) is 4.67. The van der Waals surface area contributed by atoms with Gasteiger partial charge in [-0.3, -0.25) is 0 Å². The van der Waals surface area contributed by atoms with E-state index in [0.29, 0.717) is 0 Å². The summed E-state index contributed by atoms with van der Waals surface area (Å²) in [4.78, 5) is 8.89. The minimum atomic E-state index is 0.0565. The Morgan fingerprint density at radius 3 is 1.85 bits per heavy atom. The highest BCUT2D eigenvalue weighted by Crippen LogP contribution is 2.23. The molecule has 0 saturated carbocycles. The molecule has 3 aromatic rings. The second kappa shape index (κ2) is 5.66. The van der Waals surface area contributed by atoms with Gasteiger partial charge in [0.25, 0.3) is 0 Å². The summed E-state index contributed by atoms with van der Waals surface area (Å²) >= 11 is 0. The molecular formula is C18H15N2. The third kappa shape index (κ3) is 2.59. The van der Waals surface area contributed by atoms with E-state index in [9.17, 15) is 0 Å². The van der Waals surface area contributed by atoms with Crippen LogP contribution in [0.25, 0.3) is 11.4 Å². The topological polar surface area (TPSA) is 25.8 Å². The number of hydrogen-bond acceptors (Lipinski definition) is 2. The first-order chi connectivity index (χ1) is 9.84. The van der Waals surface area contributed by atoms with Crippen molar-refractivity contribution in [3.8, 4) is 11.4 Å². The molecule has 3 rings (SSSR count). The van der Waals surface area contributed by atoms with Gasteiger partial charge in [-0.2, -0.15) is 0 Å². The molecule has 1 aromatic heterocycles. The van der Waals surface area contributed by atoms with Gasteiger partial charge >= 0.3 is 0 Å². The van der Waals surface area contributed by atoms with E-state index in [1.807, 2.05) is 60.9 Å². The Morgan fingerprint density at radius 1 is 0.700 bits per heavy atom. The van der Waals surface area contributed by atoms with Crippen LogP contribution in [0.3, 0.4) is 0 Å². The van der Waals surface area contributed by atoms with E-state index in [4.69, 9.17) is 0 Å². The molecule has 2 heteroatoms. The van der Waals surface area contributed by atoms with Crippen LogP contribution in [0.15, 0.2) is 73.1 Å². The molecule has 0 aliphatic carbocycles. The average Bonchev–Trinajstić information content (AvgIpc) is 2.56. The Kier molecular flexibility index (Phi) is 3.55. The van der Waals surface area contributed by atoms with Crippen molar-refractivity contribution in [2.75, 3.05) is 0 Å². The predicted octanol–water partition coefficient (Wildman–Crippen LogP) is 4.11. The number of rotatable bonds is 3. The van der Waals surface area contributed by atoms with Gasteiger partial charge in [-0.15, -0.1) is 0 Å². The van der Waals surface area contributed by atoms with Crippen molar-refractivity contribution < 1.29 is 0 Å². The van der Waals surface area contributed by atoms with Crippen molar-refractivity contribution in [1.29, 1.82) is 0 Å². The van der Waals surface area contributed by atoms with Crippen LogP contribution in [0.1, 0.15) is 17.0 Å². The van der Waals surface area contributed by atoms with Crippen molar-refractivity contribution in [2.45, 2.75) is 5.92 Å². The SMILES string of the molecule is [CH2]C(c1ccccc1)c1cnc(-c2ccccc2)nc1. The summed E-state index contributed by atoms with van der Waals surface area (Å²) in [6.07, 6.45) is 3.72. The number of nitrogens with zero attached hydrogens (tertiary/aromatic N) is 2. The van der Waals surface area contributed by atoms with E-state index in [1.54, 1.807) is 0 Å². The molecule has 0 amide bonds. The summed E-state index contributed by atoms with van der Waals surface area (Å²) < 4.78 is 0. The highest BCUT2D eigenvalue weighted by atomic mass is 14.9. The Labute approximate surface area is 119 Å². The summed E-state index contributed by atoms with van der Waals surface area (Å²) in [5, 5.41) is 0. The standard InChI is InChI=1S/C18H15N2/c1-14(15-8-4-2-5-9-15)17-12-19-18(20-13-17)16-10-6-3-7-11-16/h2-14H,1H2. The van der Waals surface area contributed by atoms with Crippen molar-refractivity contribution >= 4 is 0 Å². The smallest absolute Gasteiger partial charge is 0.159 e. The second-order valence-electron chi connectivity index (χ2n) is 4.67. The van der Waals surface area contributed by atoms with Crippen molar-refractivity contribution in [2.24, 2.45) is 0 Å². The zero-order valence-electron chi connectivity index (χ0n) is 11.1. The van der Waals surface area contributed by atoms with Crippen LogP contribution < -0.4 is 0 Å². The van der Waals surface area contributed by atoms with Gasteiger partial charge in [0.2, 0.25) is 0 Å². The maximum atomic E-state index is 4.44. The van der Waals surface area contributed by atoms with Gasteiger partial charge in [-0.1, -0.05) is 60.7 Å². The lowest BCUT2D eigenvalue weighted by atomic mass is 9.95. The monoisotopic (exact) mass is 259 g/mol. The minimum Gasteiger partial charge on any atom is -0.236 e. The van der Waals surface area contributed by atoms with Crippen molar-refractivity contribution in [1.82, 2.24) is 9.97 Å². The van der Waals surface area contributed by atoms with E-state index in [2.05, 4.69) is 29.0 Å². The molecule has 0 N–H and O–H groups in total. The lowest BCUT2D eigenvalue weighted by Crippen LogP contribution is -1.99. The molecule has 0 bridgehead atoms. The predicted molar refractivity (Wildman–Crippen MR) is 81.1 cm³/mol. The van der Waals surface area contributed by atoms with Gasteiger partial charge < -0.3 is 0 Å². The minimum absolute atomic E-state index is 0.0565. The molecule has 20 heavy (non-hydrogen) atoms. The summed E-state index contributed by atoms with van der Waals surface area (Å²) in [5.74, 6) is 0.802. The van der Waals surface area contributed by atoms with Gasteiger partial charge in [0, 0.05) is 23.9 Å². The number of benzene rings is 2. The molecular weight excluding hydrogens is 244 g/mol. The molecule has 2 aromatic carbocycles.